The fraction of sp³-hybridized carbons (Fsp3) is 0.643. The number of nitrogens with zero attached hydrogens (tertiary/aromatic N) is 3. The van der Waals surface area contributed by atoms with Gasteiger partial charge in [0.1, 0.15) is 6.10 Å². The predicted octanol–water partition coefficient (Wildman–Crippen LogP) is 1.02. The Labute approximate surface area is 122 Å². The van der Waals surface area contributed by atoms with E-state index >= 15 is 0 Å². The molecule has 7 heteroatoms. The Kier molecular flexibility index (Phi) is 4.28. The number of hydrogen-bond donors (Lipinski definition) is 0. The molecular formula is C14H18FN3O3. The van der Waals surface area contributed by atoms with Gasteiger partial charge in [0.2, 0.25) is 5.91 Å². The minimum absolute atomic E-state index is 0.0224. The molecule has 3 rings (SSSR count). The third kappa shape index (κ3) is 3.47. The Bertz CT molecular complexity index is 491. The van der Waals surface area contributed by atoms with Crippen LogP contribution in [0.4, 0.5) is 4.39 Å². The highest BCUT2D eigenvalue weighted by atomic mass is 19.1. The Morgan fingerprint density at radius 1 is 1.38 bits per heavy atom. The van der Waals surface area contributed by atoms with Gasteiger partial charge >= 0.3 is 6.01 Å². The minimum Gasteiger partial charge on any atom is -0.458 e. The second-order valence-corrected chi connectivity index (χ2v) is 5.41. The van der Waals surface area contributed by atoms with Crippen LogP contribution < -0.4 is 4.74 Å². The van der Waals surface area contributed by atoms with Crippen molar-refractivity contribution >= 4 is 5.91 Å². The first-order chi connectivity index (χ1) is 10.2. The Morgan fingerprint density at radius 3 is 2.90 bits per heavy atom. The van der Waals surface area contributed by atoms with E-state index in [-0.39, 0.29) is 23.9 Å². The number of hydrogen-bond acceptors (Lipinski definition) is 5. The Hall–Kier alpha value is -1.76. The second-order valence-electron chi connectivity index (χ2n) is 5.41. The summed E-state index contributed by atoms with van der Waals surface area (Å²) >= 11 is 0. The van der Waals surface area contributed by atoms with Gasteiger partial charge in [-0.3, -0.25) is 4.79 Å². The summed E-state index contributed by atoms with van der Waals surface area (Å²) in [6, 6.07) is 0.153. The maximum Gasteiger partial charge on any atom is 0.316 e. The quantitative estimate of drug-likeness (QED) is 0.833. The van der Waals surface area contributed by atoms with Crippen molar-refractivity contribution < 1.29 is 18.7 Å². The van der Waals surface area contributed by atoms with Gasteiger partial charge in [-0.1, -0.05) is 0 Å². The molecule has 2 saturated heterocycles. The fourth-order valence-electron chi connectivity index (χ4n) is 2.73. The van der Waals surface area contributed by atoms with E-state index in [4.69, 9.17) is 9.47 Å². The average molecular weight is 295 g/mol. The van der Waals surface area contributed by atoms with Crippen LogP contribution in [-0.4, -0.2) is 53.2 Å². The molecule has 1 amide bonds. The number of ether oxygens (including phenoxy) is 2. The summed E-state index contributed by atoms with van der Waals surface area (Å²) in [7, 11) is 0. The van der Waals surface area contributed by atoms with E-state index in [1.807, 2.05) is 4.90 Å². The molecule has 2 unspecified atom stereocenters. The summed E-state index contributed by atoms with van der Waals surface area (Å²) < 4.78 is 23.7. The summed E-state index contributed by atoms with van der Waals surface area (Å²) in [5.74, 6) is -0.379. The van der Waals surface area contributed by atoms with Crippen LogP contribution in [0.3, 0.4) is 0 Å². The lowest BCUT2D eigenvalue weighted by molar-refractivity contribution is -0.138. The molecule has 114 valence electrons. The third-order valence-corrected chi connectivity index (χ3v) is 3.84. The molecule has 2 atom stereocenters. The van der Waals surface area contributed by atoms with Crippen LogP contribution in [0.5, 0.6) is 6.01 Å². The molecule has 2 fully saturated rings. The highest BCUT2D eigenvalue weighted by molar-refractivity contribution is 5.79. The normalized spacial score (nSPS) is 25.9. The van der Waals surface area contributed by atoms with Crippen LogP contribution in [-0.2, 0) is 9.53 Å². The minimum atomic E-state index is -0.496. The van der Waals surface area contributed by atoms with Crippen LogP contribution >= 0.6 is 0 Å². The SMILES string of the molecule is O=C(C1CCOC1)N1CCCC(Oc2ncc(F)cn2)C1. The number of aromatic nitrogens is 2. The zero-order chi connectivity index (χ0) is 14.7. The number of carbonyl (C=O) groups excluding carboxylic acids is 1. The summed E-state index contributed by atoms with van der Waals surface area (Å²) in [5, 5.41) is 0. The Balaban J connectivity index is 1.57. The van der Waals surface area contributed by atoms with Crippen molar-refractivity contribution in [3.63, 3.8) is 0 Å². The van der Waals surface area contributed by atoms with E-state index in [0.29, 0.717) is 19.8 Å². The highest BCUT2D eigenvalue weighted by Crippen LogP contribution is 2.20. The molecule has 1 aromatic heterocycles. The van der Waals surface area contributed by atoms with Crippen molar-refractivity contribution in [3.8, 4) is 6.01 Å². The van der Waals surface area contributed by atoms with E-state index in [0.717, 1.165) is 38.2 Å². The molecular weight excluding hydrogens is 277 g/mol. The number of rotatable bonds is 3. The zero-order valence-electron chi connectivity index (χ0n) is 11.7. The summed E-state index contributed by atoms with van der Waals surface area (Å²) in [6.45, 7) is 2.45. The summed E-state index contributed by atoms with van der Waals surface area (Å²) in [6.07, 6.45) is 4.52. The largest absolute Gasteiger partial charge is 0.458 e. The molecule has 0 N–H and O–H groups in total. The van der Waals surface area contributed by atoms with Crippen molar-refractivity contribution in [3.05, 3.63) is 18.2 Å². The highest BCUT2D eigenvalue weighted by Gasteiger charge is 2.32. The molecule has 21 heavy (non-hydrogen) atoms. The summed E-state index contributed by atoms with van der Waals surface area (Å²) in [5.41, 5.74) is 0. The Morgan fingerprint density at radius 2 is 2.19 bits per heavy atom. The average Bonchev–Trinajstić information content (AvgIpc) is 3.03. The number of amides is 1. The number of piperidine rings is 1. The number of likely N-dealkylation sites (tertiary alicyclic amines) is 1. The second kappa shape index (κ2) is 6.34. The van der Waals surface area contributed by atoms with Gasteiger partial charge in [0.25, 0.3) is 0 Å². The predicted molar refractivity (Wildman–Crippen MR) is 71.1 cm³/mol. The molecule has 6 nitrogen and oxygen atoms in total. The van der Waals surface area contributed by atoms with Gasteiger partial charge in [-0.2, -0.15) is 0 Å². The van der Waals surface area contributed by atoms with Crippen LogP contribution in [0.1, 0.15) is 19.3 Å². The van der Waals surface area contributed by atoms with Crippen LogP contribution in [0.2, 0.25) is 0 Å². The summed E-state index contributed by atoms with van der Waals surface area (Å²) in [4.78, 5) is 21.8. The molecule has 0 saturated carbocycles. The van der Waals surface area contributed by atoms with Crippen LogP contribution in [0, 0.1) is 11.7 Å². The van der Waals surface area contributed by atoms with Gasteiger partial charge in [-0.05, 0) is 19.3 Å². The molecule has 3 heterocycles. The lowest BCUT2D eigenvalue weighted by Crippen LogP contribution is -2.46. The standard InChI is InChI=1S/C14H18FN3O3/c15-11-6-16-14(17-7-11)21-12-2-1-4-18(8-12)13(19)10-3-5-20-9-10/h6-7,10,12H,1-5,8-9H2. The van der Waals surface area contributed by atoms with Gasteiger partial charge < -0.3 is 14.4 Å². The van der Waals surface area contributed by atoms with Gasteiger partial charge in [-0.25, -0.2) is 14.4 Å². The molecule has 0 spiro atoms. The van der Waals surface area contributed by atoms with Gasteiger partial charge in [0.15, 0.2) is 5.82 Å². The first-order valence-electron chi connectivity index (χ1n) is 7.23. The van der Waals surface area contributed by atoms with Crippen molar-refractivity contribution in [2.75, 3.05) is 26.3 Å². The molecule has 2 aliphatic heterocycles. The van der Waals surface area contributed by atoms with Gasteiger partial charge in [0.05, 0.1) is 31.5 Å². The van der Waals surface area contributed by atoms with Gasteiger partial charge in [-0.15, -0.1) is 0 Å². The fourth-order valence-corrected chi connectivity index (χ4v) is 2.73. The van der Waals surface area contributed by atoms with E-state index in [1.54, 1.807) is 0 Å². The molecule has 0 aromatic carbocycles. The number of halogens is 1. The number of carbonyl (C=O) groups is 1. The molecule has 2 aliphatic rings. The lowest BCUT2D eigenvalue weighted by Gasteiger charge is -2.33. The van der Waals surface area contributed by atoms with Crippen molar-refractivity contribution in [1.29, 1.82) is 0 Å². The first kappa shape index (κ1) is 14.2. The van der Waals surface area contributed by atoms with E-state index < -0.39 is 5.82 Å². The smallest absolute Gasteiger partial charge is 0.316 e. The lowest BCUT2D eigenvalue weighted by atomic mass is 10.0. The van der Waals surface area contributed by atoms with Crippen LogP contribution in [0.25, 0.3) is 0 Å². The van der Waals surface area contributed by atoms with E-state index in [9.17, 15) is 9.18 Å². The van der Waals surface area contributed by atoms with Crippen molar-refractivity contribution in [2.24, 2.45) is 5.92 Å². The van der Waals surface area contributed by atoms with Crippen molar-refractivity contribution in [1.82, 2.24) is 14.9 Å². The van der Waals surface area contributed by atoms with E-state index in [2.05, 4.69) is 9.97 Å². The maximum atomic E-state index is 12.8. The van der Waals surface area contributed by atoms with Crippen molar-refractivity contribution in [2.45, 2.75) is 25.4 Å². The third-order valence-electron chi connectivity index (χ3n) is 3.84. The molecule has 0 radical (unpaired) electrons. The van der Waals surface area contributed by atoms with E-state index in [1.165, 1.54) is 0 Å². The van der Waals surface area contributed by atoms with Gasteiger partial charge in [0, 0.05) is 13.2 Å². The molecule has 0 aliphatic carbocycles. The molecule has 0 bridgehead atoms. The first-order valence-corrected chi connectivity index (χ1v) is 7.23. The maximum absolute atomic E-state index is 12.8. The topological polar surface area (TPSA) is 64.5 Å². The van der Waals surface area contributed by atoms with Crippen LogP contribution in [0.15, 0.2) is 12.4 Å². The zero-order valence-corrected chi connectivity index (χ0v) is 11.7. The monoisotopic (exact) mass is 295 g/mol. The molecule has 1 aromatic rings.